The molecule has 2 aliphatic rings. The largest absolute Gasteiger partial charge is 0.444 e. The van der Waals surface area contributed by atoms with E-state index in [1.54, 1.807) is 4.90 Å². The first kappa shape index (κ1) is 19.0. The SMILES string of the molecule is CC(C)(C)OC(=O)N1CCC[C@H](N2C(=O)CCc3cc(Cl)ccc32)CC1. The minimum Gasteiger partial charge on any atom is -0.444 e. The Bertz CT molecular complexity index is 699. The number of carbonyl (C=O) groups excluding carboxylic acids is 2. The number of nitrogens with zero attached hydrogens (tertiary/aromatic N) is 2. The van der Waals surface area contributed by atoms with Crippen LogP contribution in [0.15, 0.2) is 18.2 Å². The van der Waals surface area contributed by atoms with Crippen molar-refractivity contribution < 1.29 is 14.3 Å². The standard InChI is InChI=1S/C20H27ClN2O3/c1-20(2,3)26-19(25)22-11-4-5-16(10-12-22)23-17-8-7-15(21)13-14(17)6-9-18(23)24/h7-8,13,16H,4-6,9-12H2,1-3H3/t16-/m0/s1. The third-order valence-electron chi connectivity index (χ3n) is 4.89. The first-order chi connectivity index (χ1) is 12.2. The summed E-state index contributed by atoms with van der Waals surface area (Å²) in [5.74, 6) is 0.163. The lowest BCUT2D eigenvalue weighted by molar-refractivity contribution is -0.119. The Morgan fingerprint density at radius 1 is 1.19 bits per heavy atom. The minimum atomic E-state index is -0.496. The number of rotatable bonds is 1. The summed E-state index contributed by atoms with van der Waals surface area (Å²) in [6.07, 6.45) is 3.48. The number of carbonyl (C=O) groups is 2. The fourth-order valence-corrected chi connectivity index (χ4v) is 3.93. The Balaban J connectivity index is 1.73. The van der Waals surface area contributed by atoms with Gasteiger partial charge < -0.3 is 14.5 Å². The van der Waals surface area contributed by atoms with E-state index in [-0.39, 0.29) is 18.0 Å². The Morgan fingerprint density at radius 2 is 1.96 bits per heavy atom. The number of benzene rings is 1. The molecule has 0 bridgehead atoms. The molecule has 26 heavy (non-hydrogen) atoms. The zero-order valence-corrected chi connectivity index (χ0v) is 16.5. The van der Waals surface area contributed by atoms with Gasteiger partial charge in [0.2, 0.25) is 5.91 Å². The van der Waals surface area contributed by atoms with Gasteiger partial charge in [-0.25, -0.2) is 4.79 Å². The molecule has 2 aliphatic heterocycles. The summed E-state index contributed by atoms with van der Waals surface area (Å²) in [6.45, 7) is 6.90. The maximum absolute atomic E-state index is 12.6. The van der Waals surface area contributed by atoms with E-state index < -0.39 is 5.60 Å². The highest BCUT2D eigenvalue weighted by Crippen LogP contribution is 2.34. The highest BCUT2D eigenvalue weighted by atomic mass is 35.5. The number of fused-ring (bicyclic) bond motifs is 1. The first-order valence-electron chi connectivity index (χ1n) is 9.33. The second kappa shape index (κ2) is 7.47. The molecule has 0 N–H and O–H groups in total. The van der Waals surface area contributed by atoms with Crippen LogP contribution in [0, 0.1) is 0 Å². The Morgan fingerprint density at radius 3 is 2.69 bits per heavy atom. The second-order valence-corrected chi connectivity index (χ2v) is 8.53. The van der Waals surface area contributed by atoms with E-state index in [2.05, 4.69) is 0 Å². The summed E-state index contributed by atoms with van der Waals surface area (Å²) in [5.41, 5.74) is 1.61. The van der Waals surface area contributed by atoms with Crippen molar-refractivity contribution in [1.29, 1.82) is 0 Å². The van der Waals surface area contributed by atoms with Gasteiger partial charge >= 0.3 is 6.09 Å². The average molecular weight is 379 g/mol. The van der Waals surface area contributed by atoms with Crippen molar-refractivity contribution in [2.24, 2.45) is 0 Å². The molecule has 2 heterocycles. The number of anilines is 1. The molecule has 142 valence electrons. The van der Waals surface area contributed by atoms with Gasteiger partial charge in [-0.3, -0.25) is 4.79 Å². The number of amides is 2. The monoisotopic (exact) mass is 378 g/mol. The molecule has 2 amide bonds. The van der Waals surface area contributed by atoms with Crippen LogP contribution in [-0.2, 0) is 16.0 Å². The van der Waals surface area contributed by atoms with Crippen molar-refractivity contribution in [1.82, 2.24) is 4.90 Å². The lowest BCUT2D eigenvalue weighted by Crippen LogP contribution is -2.44. The molecule has 0 saturated carbocycles. The zero-order chi connectivity index (χ0) is 18.9. The molecule has 0 aliphatic carbocycles. The van der Waals surface area contributed by atoms with Crippen molar-refractivity contribution in [2.75, 3.05) is 18.0 Å². The van der Waals surface area contributed by atoms with Crippen LogP contribution in [0.2, 0.25) is 5.02 Å². The number of aryl methyl sites for hydroxylation is 1. The zero-order valence-electron chi connectivity index (χ0n) is 15.8. The molecule has 5 nitrogen and oxygen atoms in total. The smallest absolute Gasteiger partial charge is 0.410 e. The highest BCUT2D eigenvalue weighted by Gasteiger charge is 2.33. The Kier molecular flexibility index (Phi) is 5.47. The van der Waals surface area contributed by atoms with Gasteiger partial charge in [-0.1, -0.05) is 11.6 Å². The van der Waals surface area contributed by atoms with E-state index in [0.717, 1.165) is 36.9 Å². The van der Waals surface area contributed by atoms with Gasteiger partial charge in [-0.15, -0.1) is 0 Å². The molecule has 1 aromatic carbocycles. The normalized spacial score (nSPS) is 21.2. The molecule has 1 aromatic rings. The molecule has 6 heteroatoms. The molecular formula is C20H27ClN2O3. The van der Waals surface area contributed by atoms with Gasteiger partial charge in [-0.2, -0.15) is 0 Å². The number of likely N-dealkylation sites (tertiary alicyclic amines) is 1. The van der Waals surface area contributed by atoms with Crippen LogP contribution in [0.1, 0.15) is 52.0 Å². The van der Waals surface area contributed by atoms with Crippen molar-refractivity contribution >= 4 is 29.3 Å². The summed E-state index contributed by atoms with van der Waals surface area (Å²) in [5, 5.41) is 0.704. The van der Waals surface area contributed by atoms with Gasteiger partial charge in [0.15, 0.2) is 0 Å². The van der Waals surface area contributed by atoms with Gasteiger partial charge in [0.25, 0.3) is 0 Å². The van der Waals surface area contributed by atoms with Crippen LogP contribution in [0.25, 0.3) is 0 Å². The van der Waals surface area contributed by atoms with E-state index in [1.807, 2.05) is 43.9 Å². The van der Waals surface area contributed by atoms with E-state index in [0.29, 0.717) is 24.5 Å². The molecule has 0 aromatic heterocycles. The molecule has 1 fully saturated rings. The number of hydrogen-bond acceptors (Lipinski definition) is 3. The van der Waals surface area contributed by atoms with Gasteiger partial charge in [0, 0.05) is 36.3 Å². The van der Waals surface area contributed by atoms with Crippen LogP contribution >= 0.6 is 11.6 Å². The van der Waals surface area contributed by atoms with E-state index in [1.165, 1.54) is 0 Å². The van der Waals surface area contributed by atoms with E-state index in [4.69, 9.17) is 16.3 Å². The molecule has 0 radical (unpaired) electrons. The number of hydrogen-bond donors (Lipinski definition) is 0. The first-order valence-corrected chi connectivity index (χ1v) is 9.71. The molecule has 0 unspecified atom stereocenters. The van der Waals surface area contributed by atoms with Gasteiger partial charge in [-0.05, 0) is 70.2 Å². The maximum atomic E-state index is 12.6. The summed E-state index contributed by atoms with van der Waals surface area (Å²) < 4.78 is 5.50. The van der Waals surface area contributed by atoms with E-state index in [9.17, 15) is 9.59 Å². The highest BCUT2D eigenvalue weighted by molar-refractivity contribution is 6.30. The average Bonchev–Trinajstić information content (AvgIpc) is 2.79. The molecule has 0 spiro atoms. The van der Waals surface area contributed by atoms with Crippen molar-refractivity contribution in [3.05, 3.63) is 28.8 Å². The van der Waals surface area contributed by atoms with Crippen molar-refractivity contribution in [2.45, 2.75) is 64.5 Å². The molecule has 1 saturated heterocycles. The number of ether oxygens (including phenoxy) is 1. The molecule has 3 rings (SSSR count). The van der Waals surface area contributed by atoms with E-state index >= 15 is 0 Å². The minimum absolute atomic E-state index is 0.107. The fraction of sp³-hybridized carbons (Fsp3) is 0.600. The van der Waals surface area contributed by atoms with Crippen LogP contribution in [0.4, 0.5) is 10.5 Å². The predicted molar refractivity (Wildman–Crippen MR) is 103 cm³/mol. The quantitative estimate of drug-likeness (QED) is 0.727. The van der Waals surface area contributed by atoms with Gasteiger partial charge in [0.05, 0.1) is 0 Å². The lowest BCUT2D eigenvalue weighted by atomic mass is 9.97. The fourth-order valence-electron chi connectivity index (χ4n) is 3.73. The third-order valence-corrected chi connectivity index (χ3v) is 5.13. The van der Waals surface area contributed by atoms with Crippen LogP contribution in [0.3, 0.4) is 0 Å². The lowest BCUT2D eigenvalue weighted by Gasteiger charge is -2.36. The predicted octanol–water partition coefficient (Wildman–Crippen LogP) is 4.41. The summed E-state index contributed by atoms with van der Waals surface area (Å²) in [7, 11) is 0. The van der Waals surface area contributed by atoms with Crippen molar-refractivity contribution in [3.8, 4) is 0 Å². The van der Waals surface area contributed by atoms with Crippen molar-refractivity contribution in [3.63, 3.8) is 0 Å². The van der Waals surface area contributed by atoms with Gasteiger partial charge in [0.1, 0.15) is 5.60 Å². The summed E-state index contributed by atoms with van der Waals surface area (Å²) >= 11 is 6.12. The summed E-state index contributed by atoms with van der Waals surface area (Å²) in [6, 6.07) is 5.86. The van der Waals surface area contributed by atoms with Crippen LogP contribution in [-0.4, -0.2) is 41.6 Å². The summed E-state index contributed by atoms with van der Waals surface area (Å²) in [4.78, 5) is 28.7. The second-order valence-electron chi connectivity index (χ2n) is 8.09. The van der Waals surface area contributed by atoms with Crippen LogP contribution in [0.5, 0.6) is 0 Å². The number of halogens is 1. The molecular weight excluding hydrogens is 352 g/mol. The Labute approximate surface area is 160 Å². The molecule has 1 atom stereocenters. The Hall–Kier alpha value is -1.75. The van der Waals surface area contributed by atoms with Crippen LogP contribution < -0.4 is 4.90 Å². The maximum Gasteiger partial charge on any atom is 0.410 e. The topological polar surface area (TPSA) is 49.9 Å². The third kappa shape index (κ3) is 4.32.